The summed E-state index contributed by atoms with van der Waals surface area (Å²) in [5, 5.41) is 0. The Morgan fingerprint density at radius 1 is 1.29 bits per heavy atom. The summed E-state index contributed by atoms with van der Waals surface area (Å²) >= 11 is 0.0443. The number of carbonyl (C=O) groups excluding carboxylic acids is 1. The molecule has 3 heteroatoms. The number of esters is 1. The first-order valence-electron chi connectivity index (χ1n) is 5.88. The van der Waals surface area contributed by atoms with Crippen molar-refractivity contribution in [3.63, 3.8) is 0 Å². The van der Waals surface area contributed by atoms with Gasteiger partial charge in [0.05, 0.1) is 0 Å². The van der Waals surface area contributed by atoms with Gasteiger partial charge in [0, 0.05) is 0 Å². The predicted molar refractivity (Wildman–Crippen MR) is 71.5 cm³/mol. The number of unbranched alkanes of at least 4 members (excludes halogenated alkanes) is 1. The van der Waals surface area contributed by atoms with Crippen LogP contribution in [-0.4, -0.2) is 27.5 Å². The van der Waals surface area contributed by atoms with Crippen molar-refractivity contribution in [1.29, 1.82) is 0 Å². The molecule has 1 rings (SSSR count). The Bertz CT molecular complexity index is 371. The van der Waals surface area contributed by atoms with E-state index in [1.165, 1.54) is 4.46 Å². The summed E-state index contributed by atoms with van der Waals surface area (Å²) in [5.41, 5.74) is 0. The van der Waals surface area contributed by atoms with E-state index < -0.39 is 0 Å². The average Bonchev–Trinajstić information content (AvgIpc) is 2.36. The normalized spacial score (nSPS) is 11.3. The molecule has 1 aromatic carbocycles. The molecule has 0 bridgehead atoms. The maximum atomic E-state index is 11.8. The van der Waals surface area contributed by atoms with Gasteiger partial charge in [0.1, 0.15) is 0 Å². The number of rotatable bonds is 6. The van der Waals surface area contributed by atoms with Gasteiger partial charge >= 0.3 is 109 Å². The number of ether oxygens (including phenoxy) is 1. The summed E-state index contributed by atoms with van der Waals surface area (Å²) in [7, 11) is 0. The van der Waals surface area contributed by atoms with E-state index in [2.05, 4.69) is 19.1 Å². The second kappa shape index (κ2) is 8.10. The Morgan fingerprint density at radius 2 is 2.00 bits per heavy atom. The molecule has 0 saturated heterocycles. The van der Waals surface area contributed by atoms with Crippen molar-refractivity contribution in [2.24, 2.45) is 0 Å². The second-order valence-electron chi connectivity index (χ2n) is 3.49. The summed E-state index contributed by atoms with van der Waals surface area (Å²) in [6, 6.07) is 10.1. The zero-order valence-corrected chi connectivity index (χ0v) is 12.0. The van der Waals surface area contributed by atoms with Crippen LogP contribution in [0.5, 0.6) is 0 Å². The van der Waals surface area contributed by atoms with Gasteiger partial charge in [-0.25, -0.2) is 0 Å². The molecule has 0 fully saturated rings. The molecule has 1 aromatic rings. The van der Waals surface area contributed by atoms with E-state index in [0.717, 1.165) is 17.3 Å². The molecule has 0 heterocycles. The number of allylic oxidation sites excluding steroid dienone is 1. The molecule has 0 aromatic heterocycles. The van der Waals surface area contributed by atoms with Gasteiger partial charge < -0.3 is 0 Å². The van der Waals surface area contributed by atoms with Crippen LogP contribution < -0.4 is 4.46 Å². The van der Waals surface area contributed by atoms with Crippen LogP contribution in [0.1, 0.15) is 26.7 Å². The fourth-order valence-corrected chi connectivity index (χ4v) is 3.13. The third-order valence-electron chi connectivity index (χ3n) is 2.07. The summed E-state index contributed by atoms with van der Waals surface area (Å²) in [5.74, 6) is -0.162. The Balaban J connectivity index is 2.74. The summed E-state index contributed by atoms with van der Waals surface area (Å²) in [6.07, 6.45) is 4.00. The van der Waals surface area contributed by atoms with Crippen molar-refractivity contribution in [3.05, 3.63) is 40.9 Å². The third-order valence-corrected chi connectivity index (χ3v) is 4.29. The summed E-state index contributed by atoms with van der Waals surface area (Å²) < 4.78 is 7.11. The van der Waals surface area contributed by atoms with Gasteiger partial charge in [-0.2, -0.15) is 0 Å². The Morgan fingerprint density at radius 3 is 2.59 bits per heavy atom. The van der Waals surface area contributed by atoms with Crippen molar-refractivity contribution in [2.45, 2.75) is 26.7 Å². The standard InChI is InChI=1S/C14H18O2Se/c1-3-5-11-13(14(15)16-4-2)17-12-9-7-6-8-10-12/h6-11H,3-5H2,1-2H3/b13-11+. The monoisotopic (exact) mass is 298 g/mol. The Hall–Kier alpha value is -1.05. The van der Waals surface area contributed by atoms with E-state index in [0.29, 0.717) is 6.61 Å². The van der Waals surface area contributed by atoms with Crippen molar-refractivity contribution in [1.82, 2.24) is 0 Å². The number of carbonyl (C=O) groups is 1. The molecule has 0 aliphatic carbocycles. The zero-order valence-electron chi connectivity index (χ0n) is 10.3. The molecule has 0 N–H and O–H groups in total. The molecule has 92 valence electrons. The molecule has 2 nitrogen and oxygen atoms in total. The van der Waals surface area contributed by atoms with Crippen LogP contribution in [0.3, 0.4) is 0 Å². The van der Waals surface area contributed by atoms with Crippen molar-refractivity contribution in [2.75, 3.05) is 6.61 Å². The Kier molecular flexibility index (Phi) is 6.68. The van der Waals surface area contributed by atoms with Crippen LogP contribution in [0.25, 0.3) is 0 Å². The first-order chi connectivity index (χ1) is 8.27. The fourth-order valence-electron chi connectivity index (χ4n) is 1.26. The first kappa shape index (κ1) is 14.0. The molecular formula is C14H18O2Se. The first-order valence-corrected chi connectivity index (χ1v) is 7.59. The van der Waals surface area contributed by atoms with E-state index in [1.807, 2.05) is 31.2 Å². The number of hydrogen-bond donors (Lipinski definition) is 0. The quantitative estimate of drug-likeness (QED) is 0.457. The van der Waals surface area contributed by atoms with Crippen LogP contribution in [0.15, 0.2) is 40.9 Å². The van der Waals surface area contributed by atoms with Gasteiger partial charge in [0.15, 0.2) is 0 Å². The molecule has 17 heavy (non-hydrogen) atoms. The van der Waals surface area contributed by atoms with Crippen LogP contribution >= 0.6 is 0 Å². The molecule has 0 radical (unpaired) electrons. The zero-order chi connectivity index (χ0) is 12.5. The number of hydrogen-bond acceptors (Lipinski definition) is 2. The third kappa shape index (κ3) is 5.20. The topological polar surface area (TPSA) is 26.3 Å². The van der Waals surface area contributed by atoms with E-state index in [4.69, 9.17) is 4.74 Å². The van der Waals surface area contributed by atoms with Crippen LogP contribution in [0.2, 0.25) is 0 Å². The molecule has 0 aliphatic heterocycles. The van der Waals surface area contributed by atoms with Crippen LogP contribution in [0, 0.1) is 0 Å². The molecule has 0 atom stereocenters. The fraction of sp³-hybridized carbons (Fsp3) is 0.357. The van der Waals surface area contributed by atoms with Gasteiger partial charge in [0.25, 0.3) is 0 Å². The molecule has 0 saturated carbocycles. The van der Waals surface area contributed by atoms with Crippen LogP contribution in [-0.2, 0) is 9.53 Å². The SMILES string of the molecule is CCC/C=C(/[Se]c1ccccc1)C(=O)OCC. The molecule has 0 unspecified atom stereocenters. The predicted octanol–water partition coefficient (Wildman–Crippen LogP) is 2.26. The van der Waals surface area contributed by atoms with Crippen LogP contribution in [0.4, 0.5) is 0 Å². The van der Waals surface area contributed by atoms with E-state index >= 15 is 0 Å². The van der Waals surface area contributed by atoms with Gasteiger partial charge in [-0.3, -0.25) is 0 Å². The van der Waals surface area contributed by atoms with E-state index in [-0.39, 0.29) is 20.9 Å². The van der Waals surface area contributed by atoms with Gasteiger partial charge in [-0.05, 0) is 0 Å². The summed E-state index contributed by atoms with van der Waals surface area (Å²) in [4.78, 5) is 11.8. The minimum atomic E-state index is -0.162. The van der Waals surface area contributed by atoms with Gasteiger partial charge in [-0.1, -0.05) is 0 Å². The minimum absolute atomic E-state index is 0.0443. The molecule has 0 amide bonds. The van der Waals surface area contributed by atoms with E-state index in [9.17, 15) is 4.79 Å². The van der Waals surface area contributed by atoms with Crippen molar-refractivity contribution >= 4 is 25.4 Å². The summed E-state index contributed by atoms with van der Waals surface area (Å²) in [6.45, 7) is 4.38. The van der Waals surface area contributed by atoms with E-state index in [1.54, 1.807) is 0 Å². The number of benzene rings is 1. The molecular weight excluding hydrogens is 279 g/mol. The van der Waals surface area contributed by atoms with Gasteiger partial charge in [0.2, 0.25) is 0 Å². The van der Waals surface area contributed by atoms with Crippen molar-refractivity contribution in [3.8, 4) is 0 Å². The van der Waals surface area contributed by atoms with Crippen molar-refractivity contribution < 1.29 is 9.53 Å². The molecule has 0 spiro atoms. The van der Waals surface area contributed by atoms with Gasteiger partial charge in [-0.15, -0.1) is 0 Å². The maximum absolute atomic E-state index is 11.8. The Labute approximate surface area is 109 Å². The molecule has 0 aliphatic rings. The average molecular weight is 297 g/mol. The second-order valence-corrected chi connectivity index (χ2v) is 5.83.